The van der Waals surface area contributed by atoms with Gasteiger partial charge in [-0.2, -0.15) is 0 Å². The van der Waals surface area contributed by atoms with E-state index in [4.69, 9.17) is 27.6 Å². The second-order valence-corrected chi connectivity index (χ2v) is 7.33. The zero-order valence-electron chi connectivity index (χ0n) is 15.0. The molecule has 0 aliphatic heterocycles. The van der Waals surface area contributed by atoms with Gasteiger partial charge in [0, 0.05) is 21.3 Å². The average molecular weight is 411 g/mol. The van der Waals surface area contributed by atoms with Crippen molar-refractivity contribution in [2.45, 2.75) is 13.3 Å². The molecule has 0 bridgehead atoms. The van der Waals surface area contributed by atoms with Gasteiger partial charge in [0.05, 0.1) is 6.42 Å². The molecule has 0 aliphatic rings. The first-order valence-corrected chi connectivity index (χ1v) is 9.45. The highest BCUT2D eigenvalue weighted by atomic mass is 35.5. The van der Waals surface area contributed by atoms with Crippen LogP contribution >= 0.6 is 23.2 Å². The highest BCUT2D eigenvalue weighted by Gasteiger charge is 2.14. The summed E-state index contributed by atoms with van der Waals surface area (Å²) < 4.78 is 5.86. The average Bonchev–Trinajstić information content (AvgIpc) is 3.08. The van der Waals surface area contributed by atoms with E-state index in [0.717, 1.165) is 22.4 Å². The second-order valence-electron chi connectivity index (χ2n) is 6.46. The van der Waals surface area contributed by atoms with Gasteiger partial charge in [0.15, 0.2) is 5.58 Å². The molecule has 140 valence electrons. The summed E-state index contributed by atoms with van der Waals surface area (Å²) in [5, 5.41) is 4.21. The minimum absolute atomic E-state index is 0.105. The molecule has 3 aromatic carbocycles. The van der Waals surface area contributed by atoms with Crippen molar-refractivity contribution in [3.8, 4) is 11.5 Å². The van der Waals surface area contributed by atoms with Gasteiger partial charge >= 0.3 is 0 Å². The Morgan fingerprint density at radius 2 is 1.79 bits per heavy atom. The van der Waals surface area contributed by atoms with Crippen LogP contribution in [0, 0.1) is 6.92 Å². The zero-order chi connectivity index (χ0) is 19.7. The predicted molar refractivity (Wildman–Crippen MR) is 113 cm³/mol. The van der Waals surface area contributed by atoms with Gasteiger partial charge in [-0.05, 0) is 60.5 Å². The molecular weight excluding hydrogens is 395 g/mol. The summed E-state index contributed by atoms with van der Waals surface area (Å²) in [6, 6.07) is 18.2. The number of hydrogen-bond donors (Lipinski definition) is 1. The van der Waals surface area contributed by atoms with E-state index in [2.05, 4.69) is 10.3 Å². The Morgan fingerprint density at radius 1 is 1.04 bits per heavy atom. The van der Waals surface area contributed by atoms with Crippen LogP contribution in [0.1, 0.15) is 11.1 Å². The van der Waals surface area contributed by atoms with Crippen LogP contribution in [-0.4, -0.2) is 10.9 Å². The van der Waals surface area contributed by atoms with Crippen LogP contribution in [0.5, 0.6) is 0 Å². The van der Waals surface area contributed by atoms with E-state index in [1.807, 2.05) is 37.3 Å². The Morgan fingerprint density at radius 3 is 2.57 bits per heavy atom. The maximum atomic E-state index is 12.4. The fourth-order valence-corrected chi connectivity index (χ4v) is 3.29. The number of aromatic nitrogens is 1. The van der Waals surface area contributed by atoms with E-state index in [1.165, 1.54) is 0 Å². The molecule has 1 amide bonds. The highest BCUT2D eigenvalue weighted by molar-refractivity contribution is 6.31. The van der Waals surface area contributed by atoms with Crippen molar-refractivity contribution in [3.05, 3.63) is 81.8 Å². The van der Waals surface area contributed by atoms with Crippen molar-refractivity contribution in [1.29, 1.82) is 0 Å². The maximum Gasteiger partial charge on any atom is 0.228 e. The predicted octanol–water partition coefficient (Wildman–Crippen LogP) is 6.29. The summed E-state index contributed by atoms with van der Waals surface area (Å²) in [5.41, 5.74) is 4.67. The highest BCUT2D eigenvalue weighted by Crippen LogP contribution is 2.31. The number of nitrogens with one attached hydrogen (secondary N) is 1. The Labute approximate surface area is 172 Å². The first-order chi connectivity index (χ1) is 13.5. The molecule has 28 heavy (non-hydrogen) atoms. The largest absolute Gasteiger partial charge is 0.436 e. The number of rotatable bonds is 4. The molecule has 6 heteroatoms. The fourth-order valence-electron chi connectivity index (χ4n) is 3.00. The van der Waals surface area contributed by atoms with Gasteiger partial charge in [0.2, 0.25) is 11.8 Å². The van der Waals surface area contributed by atoms with E-state index in [1.54, 1.807) is 30.3 Å². The molecule has 0 saturated carbocycles. The first kappa shape index (κ1) is 18.5. The van der Waals surface area contributed by atoms with Gasteiger partial charge in [-0.1, -0.05) is 41.4 Å². The lowest BCUT2D eigenvalue weighted by Gasteiger charge is -2.11. The molecule has 0 atom stereocenters. The lowest BCUT2D eigenvalue weighted by molar-refractivity contribution is -0.115. The smallest absolute Gasteiger partial charge is 0.228 e. The molecule has 4 aromatic rings. The van der Waals surface area contributed by atoms with Crippen LogP contribution in [0.25, 0.3) is 22.6 Å². The Kier molecular flexibility index (Phi) is 5.07. The normalized spacial score (nSPS) is 11.0. The molecule has 0 spiro atoms. The molecule has 0 fully saturated rings. The molecule has 1 heterocycles. The van der Waals surface area contributed by atoms with Crippen LogP contribution in [0.4, 0.5) is 5.69 Å². The summed E-state index contributed by atoms with van der Waals surface area (Å²) >= 11 is 11.9. The van der Waals surface area contributed by atoms with Gasteiger partial charge in [-0.25, -0.2) is 4.98 Å². The van der Waals surface area contributed by atoms with Gasteiger partial charge < -0.3 is 9.73 Å². The van der Waals surface area contributed by atoms with Crippen LogP contribution in [-0.2, 0) is 11.2 Å². The summed E-state index contributed by atoms with van der Waals surface area (Å²) in [7, 11) is 0. The number of halogens is 2. The fraction of sp³-hybridized carbons (Fsp3) is 0.0909. The van der Waals surface area contributed by atoms with Gasteiger partial charge in [0.1, 0.15) is 5.52 Å². The Balaban J connectivity index is 1.59. The lowest BCUT2D eigenvalue weighted by Crippen LogP contribution is -2.15. The van der Waals surface area contributed by atoms with Crippen molar-refractivity contribution >= 4 is 45.9 Å². The van der Waals surface area contributed by atoms with Crippen LogP contribution in [0.2, 0.25) is 10.0 Å². The molecule has 0 unspecified atom stereocenters. The van der Waals surface area contributed by atoms with Crippen LogP contribution < -0.4 is 5.32 Å². The maximum absolute atomic E-state index is 12.4. The number of anilines is 1. The van der Waals surface area contributed by atoms with Gasteiger partial charge in [0.25, 0.3) is 0 Å². The molecule has 4 rings (SSSR count). The SMILES string of the molecule is Cc1c(NC(=O)Cc2ccc(Cl)cc2)cccc1-c1nc2cc(Cl)ccc2o1. The van der Waals surface area contributed by atoms with Gasteiger partial charge in [-0.15, -0.1) is 0 Å². The van der Waals surface area contributed by atoms with E-state index in [0.29, 0.717) is 27.0 Å². The summed E-state index contributed by atoms with van der Waals surface area (Å²) in [5.74, 6) is 0.385. The number of nitrogens with zero attached hydrogens (tertiary/aromatic N) is 1. The number of amides is 1. The molecular formula is C22H16Cl2N2O2. The van der Waals surface area contributed by atoms with Crippen molar-refractivity contribution in [2.75, 3.05) is 5.32 Å². The van der Waals surface area contributed by atoms with Crippen molar-refractivity contribution in [3.63, 3.8) is 0 Å². The number of carbonyl (C=O) groups is 1. The van der Waals surface area contributed by atoms with E-state index < -0.39 is 0 Å². The summed E-state index contributed by atoms with van der Waals surface area (Å²) in [6.45, 7) is 1.93. The topological polar surface area (TPSA) is 55.1 Å². The zero-order valence-corrected chi connectivity index (χ0v) is 16.5. The lowest BCUT2D eigenvalue weighted by atomic mass is 10.1. The second kappa shape index (κ2) is 7.66. The van der Waals surface area contributed by atoms with Crippen molar-refractivity contribution in [2.24, 2.45) is 0 Å². The van der Waals surface area contributed by atoms with Crippen LogP contribution in [0.3, 0.4) is 0 Å². The minimum Gasteiger partial charge on any atom is -0.436 e. The van der Waals surface area contributed by atoms with Crippen molar-refractivity contribution < 1.29 is 9.21 Å². The first-order valence-electron chi connectivity index (χ1n) is 8.70. The van der Waals surface area contributed by atoms with Crippen molar-refractivity contribution in [1.82, 2.24) is 4.98 Å². The summed E-state index contributed by atoms with van der Waals surface area (Å²) in [4.78, 5) is 17.0. The van der Waals surface area contributed by atoms with E-state index in [-0.39, 0.29) is 12.3 Å². The standard InChI is InChI=1S/C22H16Cl2N2O2/c1-13-17(22-26-19-12-16(24)9-10-20(19)28-22)3-2-4-18(13)25-21(27)11-14-5-7-15(23)8-6-14/h2-10,12H,11H2,1H3,(H,25,27). The Bertz CT molecular complexity index is 1170. The molecule has 0 saturated heterocycles. The molecule has 1 N–H and O–H groups in total. The molecule has 0 aliphatic carbocycles. The molecule has 0 radical (unpaired) electrons. The van der Waals surface area contributed by atoms with Gasteiger partial charge in [-0.3, -0.25) is 4.79 Å². The summed E-state index contributed by atoms with van der Waals surface area (Å²) in [6.07, 6.45) is 0.266. The quantitative estimate of drug-likeness (QED) is 0.429. The third-order valence-corrected chi connectivity index (χ3v) is 4.95. The minimum atomic E-state index is -0.105. The van der Waals surface area contributed by atoms with E-state index >= 15 is 0 Å². The van der Waals surface area contributed by atoms with E-state index in [9.17, 15) is 4.79 Å². The number of oxazole rings is 1. The number of benzene rings is 3. The number of fused-ring (bicyclic) bond motifs is 1. The third-order valence-electron chi connectivity index (χ3n) is 4.47. The monoisotopic (exact) mass is 410 g/mol. The van der Waals surface area contributed by atoms with Crippen LogP contribution in [0.15, 0.2) is 65.1 Å². The third kappa shape index (κ3) is 3.88. The molecule has 4 nitrogen and oxygen atoms in total. The number of hydrogen-bond acceptors (Lipinski definition) is 3. The molecule has 1 aromatic heterocycles. The number of carbonyl (C=O) groups excluding carboxylic acids is 1. The Hall–Kier alpha value is -2.82.